The fourth-order valence-corrected chi connectivity index (χ4v) is 7.64. The number of rotatable bonds is 49. The van der Waals surface area contributed by atoms with Crippen LogP contribution in [0.1, 0.15) is 226 Å². The third-order valence-electron chi connectivity index (χ3n) is 11.6. The Kier molecular flexibility index (Phi) is 43.5. The van der Waals surface area contributed by atoms with Crippen LogP contribution >= 0.6 is 0 Å². The van der Waals surface area contributed by atoms with Gasteiger partial charge in [-0.25, -0.2) is 0 Å². The summed E-state index contributed by atoms with van der Waals surface area (Å²) < 4.78 is 16.4. The lowest BCUT2D eigenvalue weighted by Gasteiger charge is -2.25. The second-order valence-corrected chi connectivity index (χ2v) is 18.0. The van der Waals surface area contributed by atoms with Crippen molar-refractivity contribution in [1.82, 2.24) is 10.2 Å². The predicted octanol–water partition coefficient (Wildman–Crippen LogP) is 11.1. The first-order valence-electron chi connectivity index (χ1n) is 26.4. The Morgan fingerprint density at radius 1 is 0.471 bits per heavy atom. The Hall–Kier alpha value is -4.27. The van der Waals surface area contributed by atoms with Crippen molar-refractivity contribution in [3.8, 4) is 0 Å². The van der Waals surface area contributed by atoms with Crippen LogP contribution < -0.4 is 5.32 Å². The van der Waals surface area contributed by atoms with Crippen molar-refractivity contribution in [2.24, 2.45) is 0 Å². The summed E-state index contributed by atoms with van der Waals surface area (Å²) in [6.07, 6.45) is 38.3. The highest BCUT2D eigenvalue weighted by Crippen LogP contribution is 2.14. The lowest BCUT2D eigenvalue weighted by molar-refractivity contribution is -0.167. The third kappa shape index (κ3) is 43.0. The maximum absolute atomic E-state index is 12.8. The van der Waals surface area contributed by atoms with Crippen LogP contribution in [0.2, 0.25) is 0 Å². The molecule has 0 saturated carbocycles. The van der Waals surface area contributed by atoms with E-state index in [1.807, 2.05) is 0 Å². The van der Waals surface area contributed by atoms with Gasteiger partial charge >= 0.3 is 35.8 Å². The van der Waals surface area contributed by atoms with E-state index in [4.69, 9.17) is 24.4 Å². The number of carbonyl (C=O) groups is 7. The van der Waals surface area contributed by atoms with Gasteiger partial charge in [-0.1, -0.05) is 141 Å². The SMILES string of the molecule is CCCCCCCC/C=C\CCCCCCCC(=O)OC[C@H](COC(=O)CCC(=O)NCCCCC(C(=O)O)N(CC(=O)O)CC(=O)O)OC(=O)CCCCCCC/C=C\CCCCCCCC. The summed E-state index contributed by atoms with van der Waals surface area (Å²) in [5.41, 5.74) is 0. The molecule has 1 unspecified atom stereocenters. The Morgan fingerprint density at radius 3 is 1.29 bits per heavy atom. The van der Waals surface area contributed by atoms with Gasteiger partial charge in [0.2, 0.25) is 5.91 Å². The predicted molar refractivity (Wildman–Crippen MR) is 265 cm³/mol. The number of nitrogens with one attached hydrogen (secondary N) is 1. The quantitative estimate of drug-likeness (QED) is 0.0193. The molecule has 0 saturated heterocycles. The summed E-state index contributed by atoms with van der Waals surface area (Å²) in [6.45, 7) is 2.51. The molecule has 0 fully saturated rings. The smallest absolute Gasteiger partial charge is 0.320 e. The van der Waals surface area contributed by atoms with Gasteiger partial charge in [0.15, 0.2) is 6.10 Å². The molecule has 0 spiro atoms. The summed E-state index contributed by atoms with van der Waals surface area (Å²) in [5.74, 6) is -6.11. The first-order chi connectivity index (χ1) is 32.9. The number of unbranched alkanes of at least 4 members (excludes halogenated alkanes) is 23. The average Bonchev–Trinajstić information content (AvgIpc) is 3.29. The molecule has 0 aliphatic rings. The first-order valence-corrected chi connectivity index (χ1v) is 26.4. The molecule has 1 amide bonds. The number of carboxylic acid groups (broad SMARTS) is 3. The second kappa shape index (κ2) is 46.5. The fourth-order valence-electron chi connectivity index (χ4n) is 7.64. The molecule has 0 heterocycles. The van der Waals surface area contributed by atoms with E-state index < -0.39 is 67.0 Å². The second-order valence-electron chi connectivity index (χ2n) is 18.0. The maximum atomic E-state index is 12.8. The van der Waals surface area contributed by atoms with Crippen molar-refractivity contribution in [3.63, 3.8) is 0 Å². The van der Waals surface area contributed by atoms with E-state index >= 15 is 0 Å². The number of hydrogen-bond donors (Lipinski definition) is 4. The summed E-state index contributed by atoms with van der Waals surface area (Å²) in [7, 11) is 0. The van der Waals surface area contributed by atoms with Crippen molar-refractivity contribution in [3.05, 3.63) is 24.3 Å². The molecular weight excluding hydrogens is 873 g/mol. The van der Waals surface area contributed by atoms with Gasteiger partial charge in [-0.05, 0) is 83.5 Å². The number of aliphatic carboxylic acids is 3. The number of nitrogens with zero attached hydrogens (tertiary/aromatic N) is 1. The van der Waals surface area contributed by atoms with Crippen LogP contribution in [0, 0.1) is 0 Å². The zero-order chi connectivity index (χ0) is 50.3. The molecule has 0 aromatic carbocycles. The van der Waals surface area contributed by atoms with Gasteiger partial charge in [0.25, 0.3) is 0 Å². The molecule has 0 aromatic rings. The first kappa shape index (κ1) is 63.7. The van der Waals surface area contributed by atoms with Gasteiger partial charge in [0.1, 0.15) is 19.3 Å². The fraction of sp³-hybridized carbons (Fsp3) is 0.792. The summed E-state index contributed by atoms with van der Waals surface area (Å²) in [6, 6.07) is -1.33. The minimum Gasteiger partial charge on any atom is -0.480 e. The lowest BCUT2D eigenvalue weighted by Crippen LogP contribution is -2.46. The van der Waals surface area contributed by atoms with E-state index in [1.165, 1.54) is 77.0 Å². The molecule has 0 aromatic heterocycles. The highest BCUT2D eigenvalue weighted by molar-refractivity contribution is 5.81. The van der Waals surface area contributed by atoms with Crippen LogP contribution in [0.15, 0.2) is 24.3 Å². The lowest BCUT2D eigenvalue weighted by atomic mass is 10.1. The Labute approximate surface area is 409 Å². The van der Waals surface area contributed by atoms with Crippen molar-refractivity contribution in [1.29, 1.82) is 0 Å². The van der Waals surface area contributed by atoms with Crippen LogP contribution in [0.5, 0.6) is 0 Å². The minimum atomic E-state index is -1.35. The molecule has 0 aliphatic heterocycles. The number of hydrogen-bond acceptors (Lipinski definition) is 11. The number of ether oxygens (including phenoxy) is 3. The molecule has 0 bridgehead atoms. The van der Waals surface area contributed by atoms with E-state index in [-0.39, 0.29) is 58.3 Å². The molecule has 0 rings (SSSR count). The maximum Gasteiger partial charge on any atom is 0.320 e. The van der Waals surface area contributed by atoms with Crippen LogP contribution in [-0.2, 0) is 47.8 Å². The molecule has 15 nitrogen and oxygen atoms in total. The van der Waals surface area contributed by atoms with E-state index in [0.717, 1.165) is 81.9 Å². The van der Waals surface area contributed by atoms with Crippen molar-refractivity contribution >= 4 is 41.7 Å². The molecule has 392 valence electrons. The number of amides is 1. The normalized spacial score (nSPS) is 12.3. The van der Waals surface area contributed by atoms with Crippen LogP contribution in [-0.4, -0.2) is 107 Å². The van der Waals surface area contributed by atoms with Crippen LogP contribution in [0.25, 0.3) is 0 Å². The molecule has 0 aliphatic carbocycles. The highest BCUT2D eigenvalue weighted by Gasteiger charge is 2.28. The summed E-state index contributed by atoms with van der Waals surface area (Å²) in [5, 5.41) is 30.3. The van der Waals surface area contributed by atoms with E-state index in [9.17, 15) is 38.7 Å². The van der Waals surface area contributed by atoms with Crippen LogP contribution in [0.4, 0.5) is 0 Å². The van der Waals surface area contributed by atoms with Crippen molar-refractivity contribution in [2.45, 2.75) is 238 Å². The zero-order valence-corrected chi connectivity index (χ0v) is 42.2. The van der Waals surface area contributed by atoms with E-state index in [0.29, 0.717) is 19.3 Å². The van der Waals surface area contributed by atoms with Gasteiger partial charge < -0.3 is 34.8 Å². The Balaban J connectivity index is 4.74. The van der Waals surface area contributed by atoms with E-state index in [2.05, 4.69) is 43.5 Å². The molecular formula is C53H92N2O13. The monoisotopic (exact) mass is 965 g/mol. The van der Waals surface area contributed by atoms with E-state index in [1.54, 1.807) is 0 Å². The average molecular weight is 965 g/mol. The minimum absolute atomic E-state index is 0.0334. The van der Waals surface area contributed by atoms with Gasteiger partial charge in [0.05, 0.1) is 19.5 Å². The number of esters is 3. The summed E-state index contributed by atoms with van der Waals surface area (Å²) >= 11 is 0. The van der Waals surface area contributed by atoms with Gasteiger partial charge in [-0.2, -0.15) is 0 Å². The molecule has 4 N–H and O–H groups in total. The standard InChI is InChI=1S/C53H92N2O13/c1-3-5-7-9-11-13-15-17-19-21-23-25-27-29-31-36-50(61)66-43-45(68-52(63)37-32-30-28-26-24-22-20-18-16-14-12-10-8-6-4-2)44-67-51(62)39-38-47(56)54-40-34-33-35-46(53(64)65)55(41-48(57)58)42-49(59)60/h17-20,45-46H,3-16,21-44H2,1-2H3,(H,54,56)(H,57,58)(H,59,60)(H,64,65)/b19-17-,20-18-/t45-,46?/m1/s1. The van der Waals surface area contributed by atoms with Gasteiger partial charge in [-0.15, -0.1) is 0 Å². The molecule has 2 atom stereocenters. The third-order valence-corrected chi connectivity index (χ3v) is 11.6. The number of allylic oxidation sites excluding steroid dienone is 4. The van der Waals surface area contributed by atoms with Gasteiger partial charge in [-0.3, -0.25) is 38.5 Å². The topological polar surface area (TPSA) is 223 Å². The molecule has 68 heavy (non-hydrogen) atoms. The van der Waals surface area contributed by atoms with Crippen LogP contribution in [0.3, 0.4) is 0 Å². The Morgan fingerprint density at radius 2 is 0.868 bits per heavy atom. The molecule has 15 heteroatoms. The van der Waals surface area contributed by atoms with Crippen molar-refractivity contribution in [2.75, 3.05) is 32.8 Å². The van der Waals surface area contributed by atoms with Crippen molar-refractivity contribution < 1.29 is 63.1 Å². The Bertz CT molecular complexity index is 1390. The number of carbonyl (C=O) groups excluding carboxylic acids is 4. The van der Waals surface area contributed by atoms with Gasteiger partial charge in [0, 0.05) is 25.8 Å². The number of carboxylic acids is 3. The largest absolute Gasteiger partial charge is 0.480 e. The zero-order valence-electron chi connectivity index (χ0n) is 42.2. The summed E-state index contributed by atoms with van der Waals surface area (Å²) in [4.78, 5) is 85.3. The highest BCUT2D eigenvalue weighted by atomic mass is 16.6. The molecule has 0 radical (unpaired) electrons.